The summed E-state index contributed by atoms with van der Waals surface area (Å²) in [4.78, 5) is 0. The number of hydrogen-bond donors (Lipinski definition) is 1. The van der Waals surface area contributed by atoms with Crippen LogP contribution in [0.15, 0.2) is 103 Å². The highest BCUT2D eigenvalue weighted by Crippen LogP contribution is 2.32. The fourth-order valence-corrected chi connectivity index (χ4v) is 3.09. The lowest BCUT2D eigenvalue weighted by Crippen LogP contribution is -1.91. The Morgan fingerprint density at radius 3 is 1.44 bits per heavy atom. The van der Waals surface area contributed by atoms with Gasteiger partial charge in [-0.05, 0) is 39.9 Å². The largest absolute Gasteiger partial charge is 0.398 e. The molecular weight excluding hydrogens is 302 g/mol. The van der Waals surface area contributed by atoms with Crippen LogP contribution >= 0.6 is 0 Å². The third-order valence-electron chi connectivity index (χ3n) is 4.46. The van der Waals surface area contributed by atoms with E-state index in [1.165, 1.54) is 22.3 Å². The highest BCUT2D eigenvalue weighted by atomic mass is 14.6. The maximum absolute atomic E-state index is 6.20. The molecule has 0 saturated carbocycles. The van der Waals surface area contributed by atoms with Gasteiger partial charge in [0, 0.05) is 11.3 Å². The van der Waals surface area contributed by atoms with Crippen molar-refractivity contribution in [1.29, 1.82) is 0 Å². The molecule has 25 heavy (non-hydrogen) atoms. The normalized spacial score (nSPS) is 10.6. The topological polar surface area (TPSA) is 26.0 Å². The van der Waals surface area contributed by atoms with E-state index < -0.39 is 0 Å². The highest BCUT2D eigenvalue weighted by Gasteiger charge is 2.06. The minimum atomic E-state index is 0.802. The van der Waals surface area contributed by atoms with E-state index in [0.29, 0.717) is 0 Å². The fourth-order valence-electron chi connectivity index (χ4n) is 3.09. The summed E-state index contributed by atoms with van der Waals surface area (Å²) in [6.07, 6.45) is 0. The predicted molar refractivity (Wildman–Crippen MR) is 107 cm³/mol. The van der Waals surface area contributed by atoms with Gasteiger partial charge in [0.15, 0.2) is 0 Å². The summed E-state index contributed by atoms with van der Waals surface area (Å²) in [6.45, 7) is 0. The van der Waals surface area contributed by atoms with Crippen molar-refractivity contribution >= 4 is 5.69 Å². The Hall–Kier alpha value is -3.32. The fraction of sp³-hybridized carbons (Fsp3) is 0. The molecule has 0 unspecified atom stereocenters. The van der Waals surface area contributed by atoms with Crippen molar-refractivity contribution in [3.05, 3.63) is 103 Å². The Kier molecular flexibility index (Phi) is 4.05. The van der Waals surface area contributed by atoms with Crippen LogP contribution in [-0.2, 0) is 0 Å². The van der Waals surface area contributed by atoms with Crippen molar-refractivity contribution in [3.8, 4) is 33.4 Å². The van der Waals surface area contributed by atoms with Gasteiger partial charge in [-0.1, -0.05) is 91.0 Å². The molecule has 0 atom stereocenters. The maximum Gasteiger partial charge on any atom is 0.0394 e. The lowest BCUT2D eigenvalue weighted by molar-refractivity contribution is 1.57. The summed E-state index contributed by atoms with van der Waals surface area (Å²) < 4.78 is 0. The number of hydrogen-bond acceptors (Lipinski definition) is 1. The second-order valence-corrected chi connectivity index (χ2v) is 6.11. The minimum absolute atomic E-state index is 0.802. The third-order valence-corrected chi connectivity index (χ3v) is 4.46. The molecule has 0 aliphatic rings. The van der Waals surface area contributed by atoms with Crippen molar-refractivity contribution in [2.75, 3.05) is 5.73 Å². The number of anilines is 1. The molecule has 2 N–H and O–H groups in total. The van der Waals surface area contributed by atoms with E-state index in [2.05, 4.69) is 72.8 Å². The lowest BCUT2D eigenvalue weighted by atomic mass is 9.96. The van der Waals surface area contributed by atoms with E-state index in [-0.39, 0.29) is 0 Å². The molecule has 4 rings (SSSR count). The van der Waals surface area contributed by atoms with Crippen molar-refractivity contribution in [1.82, 2.24) is 0 Å². The molecule has 0 heterocycles. The van der Waals surface area contributed by atoms with Crippen LogP contribution in [0, 0.1) is 0 Å². The molecule has 1 heteroatoms. The monoisotopic (exact) mass is 321 g/mol. The van der Waals surface area contributed by atoms with Crippen molar-refractivity contribution in [2.24, 2.45) is 0 Å². The number of rotatable bonds is 3. The van der Waals surface area contributed by atoms with Crippen LogP contribution in [0.3, 0.4) is 0 Å². The van der Waals surface area contributed by atoms with Crippen LogP contribution in [-0.4, -0.2) is 0 Å². The van der Waals surface area contributed by atoms with E-state index in [9.17, 15) is 0 Å². The molecule has 0 bridgehead atoms. The molecule has 0 spiro atoms. The Morgan fingerprint density at radius 2 is 0.840 bits per heavy atom. The van der Waals surface area contributed by atoms with E-state index in [4.69, 9.17) is 5.73 Å². The minimum Gasteiger partial charge on any atom is -0.398 e. The molecule has 4 aromatic rings. The molecule has 0 amide bonds. The van der Waals surface area contributed by atoms with Gasteiger partial charge in [0.2, 0.25) is 0 Å². The van der Waals surface area contributed by atoms with Gasteiger partial charge in [0.1, 0.15) is 0 Å². The Labute approximate surface area is 148 Å². The Bertz CT molecular complexity index is 971. The smallest absolute Gasteiger partial charge is 0.0394 e. The predicted octanol–water partition coefficient (Wildman–Crippen LogP) is 6.27. The molecule has 0 radical (unpaired) electrons. The summed E-state index contributed by atoms with van der Waals surface area (Å²) >= 11 is 0. The van der Waals surface area contributed by atoms with Crippen molar-refractivity contribution < 1.29 is 0 Å². The summed E-state index contributed by atoms with van der Waals surface area (Å²) in [7, 11) is 0. The van der Waals surface area contributed by atoms with Gasteiger partial charge in [-0.25, -0.2) is 0 Å². The summed E-state index contributed by atoms with van der Waals surface area (Å²) in [5.41, 5.74) is 14.0. The molecule has 0 aromatic heterocycles. The van der Waals surface area contributed by atoms with Gasteiger partial charge in [-0.15, -0.1) is 0 Å². The van der Waals surface area contributed by atoms with E-state index in [1.54, 1.807) is 0 Å². The van der Waals surface area contributed by atoms with Gasteiger partial charge in [0.05, 0.1) is 0 Å². The van der Waals surface area contributed by atoms with Gasteiger partial charge in [0.25, 0.3) is 0 Å². The van der Waals surface area contributed by atoms with Gasteiger partial charge < -0.3 is 5.73 Å². The summed E-state index contributed by atoms with van der Waals surface area (Å²) in [5, 5.41) is 0. The van der Waals surface area contributed by atoms with Crippen LogP contribution in [0.25, 0.3) is 33.4 Å². The summed E-state index contributed by atoms with van der Waals surface area (Å²) in [5.74, 6) is 0. The maximum atomic E-state index is 6.20. The standard InChI is InChI=1S/C24H19N/c25-24-16-15-22(17-23(24)21-9-5-2-6-10-21)20-13-11-19(12-14-20)18-7-3-1-4-8-18/h1-17H,25H2. The van der Waals surface area contributed by atoms with Crippen LogP contribution in [0.5, 0.6) is 0 Å². The molecule has 0 aliphatic carbocycles. The first-order valence-electron chi connectivity index (χ1n) is 8.42. The zero-order valence-electron chi connectivity index (χ0n) is 13.9. The Balaban J connectivity index is 1.71. The van der Waals surface area contributed by atoms with Crippen LogP contribution < -0.4 is 5.73 Å². The van der Waals surface area contributed by atoms with Crippen molar-refractivity contribution in [2.45, 2.75) is 0 Å². The average molecular weight is 321 g/mol. The first-order valence-corrected chi connectivity index (χ1v) is 8.42. The average Bonchev–Trinajstić information content (AvgIpc) is 2.70. The van der Waals surface area contributed by atoms with E-state index in [1.807, 2.05) is 30.3 Å². The van der Waals surface area contributed by atoms with Gasteiger partial charge >= 0.3 is 0 Å². The molecule has 4 aromatic carbocycles. The highest BCUT2D eigenvalue weighted by molar-refractivity contribution is 5.82. The van der Waals surface area contributed by atoms with Crippen LogP contribution in [0.2, 0.25) is 0 Å². The van der Waals surface area contributed by atoms with E-state index in [0.717, 1.165) is 16.8 Å². The van der Waals surface area contributed by atoms with Crippen LogP contribution in [0.1, 0.15) is 0 Å². The lowest BCUT2D eigenvalue weighted by Gasteiger charge is -2.10. The number of benzene rings is 4. The molecule has 1 nitrogen and oxygen atoms in total. The van der Waals surface area contributed by atoms with Crippen LogP contribution in [0.4, 0.5) is 5.69 Å². The second kappa shape index (κ2) is 6.66. The molecule has 120 valence electrons. The van der Waals surface area contributed by atoms with Gasteiger partial charge in [-0.2, -0.15) is 0 Å². The van der Waals surface area contributed by atoms with Crippen molar-refractivity contribution in [3.63, 3.8) is 0 Å². The third kappa shape index (κ3) is 3.17. The van der Waals surface area contributed by atoms with E-state index >= 15 is 0 Å². The molecule has 0 aliphatic heterocycles. The molecule has 0 fully saturated rings. The quantitative estimate of drug-likeness (QED) is 0.442. The first kappa shape index (κ1) is 15.2. The Morgan fingerprint density at radius 1 is 0.400 bits per heavy atom. The summed E-state index contributed by atoms with van der Waals surface area (Å²) in [6, 6.07) is 35.6. The zero-order chi connectivity index (χ0) is 17.1. The SMILES string of the molecule is Nc1ccc(-c2ccc(-c3ccccc3)cc2)cc1-c1ccccc1. The molecule has 0 saturated heterocycles. The first-order chi connectivity index (χ1) is 12.3. The second-order valence-electron chi connectivity index (χ2n) is 6.11. The zero-order valence-corrected chi connectivity index (χ0v) is 13.9. The number of nitrogens with two attached hydrogens (primary N) is 1. The van der Waals surface area contributed by atoms with Gasteiger partial charge in [-0.3, -0.25) is 0 Å². The molecular formula is C24H19N. The number of nitrogen functional groups attached to an aromatic ring is 1.